The molecule has 1 amide bonds. The topological polar surface area (TPSA) is 49.1 Å². The summed E-state index contributed by atoms with van der Waals surface area (Å²) in [5, 5.41) is 2.15. The highest BCUT2D eigenvalue weighted by Gasteiger charge is 2.34. The molecule has 3 heterocycles. The lowest BCUT2D eigenvalue weighted by Gasteiger charge is -2.30. The van der Waals surface area contributed by atoms with Crippen molar-refractivity contribution in [3.63, 3.8) is 0 Å². The van der Waals surface area contributed by atoms with Crippen LogP contribution in [0.15, 0.2) is 76.1 Å². The van der Waals surface area contributed by atoms with Gasteiger partial charge in [0.05, 0.1) is 18.0 Å². The maximum absolute atomic E-state index is 13.4. The molecule has 4 aromatic rings. The molecular weight excluding hydrogens is 386 g/mol. The number of rotatable bonds is 3. The zero-order valence-corrected chi connectivity index (χ0v) is 17.3. The zero-order valence-electron chi connectivity index (χ0n) is 17.3. The van der Waals surface area contributed by atoms with Gasteiger partial charge >= 0.3 is 0 Å². The van der Waals surface area contributed by atoms with Gasteiger partial charge in [-0.3, -0.25) is 14.6 Å². The number of fused-ring (bicyclic) bond motifs is 4. The molecule has 0 N–H and O–H groups in total. The third kappa shape index (κ3) is 3.13. The molecule has 0 spiro atoms. The molecule has 1 fully saturated rings. The normalized spacial score (nSPS) is 18.4. The summed E-state index contributed by atoms with van der Waals surface area (Å²) in [5.74, 6) is -0.0310. The van der Waals surface area contributed by atoms with E-state index < -0.39 is 0 Å². The fraction of sp³-hybridized carbons (Fsp3) is 0.231. The summed E-state index contributed by atoms with van der Waals surface area (Å²) in [6.07, 6.45) is 3.67. The second kappa shape index (κ2) is 7.36. The van der Waals surface area contributed by atoms with Gasteiger partial charge < -0.3 is 4.42 Å². The Morgan fingerprint density at radius 1 is 0.839 bits per heavy atom. The van der Waals surface area contributed by atoms with Crippen LogP contribution in [0.25, 0.3) is 21.9 Å². The van der Waals surface area contributed by atoms with Gasteiger partial charge in [0.2, 0.25) is 0 Å². The SMILES string of the molecule is O=C1C(=Nc2ccc3c(c2)oc2ccccc23)c2ccccc2N1CN1CCCCC1. The number of carbonyl (C=O) groups excluding carboxylic acids is 1. The highest BCUT2D eigenvalue weighted by molar-refractivity contribution is 6.54. The third-order valence-electron chi connectivity index (χ3n) is 6.29. The Bertz CT molecular complexity index is 1330. The highest BCUT2D eigenvalue weighted by Crippen LogP contribution is 2.34. The van der Waals surface area contributed by atoms with E-state index in [-0.39, 0.29) is 5.91 Å². The molecule has 0 unspecified atom stereocenters. The minimum atomic E-state index is -0.0310. The van der Waals surface area contributed by atoms with E-state index in [1.807, 2.05) is 65.6 Å². The number of hydrogen-bond acceptors (Lipinski definition) is 4. The van der Waals surface area contributed by atoms with Crippen molar-refractivity contribution in [2.24, 2.45) is 4.99 Å². The standard InChI is InChI=1S/C26H23N3O2/c30-26-25(21-9-2-4-10-22(21)29(26)17-28-14-6-1-7-15-28)27-18-12-13-20-19-8-3-5-11-23(19)31-24(20)16-18/h2-5,8-13,16H,1,6-7,14-15,17H2. The van der Waals surface area contributed by atoms with Crippen LogP contribution < -0.4 is 4.90 Å². The molecule has 31 heavy (non-hydrogen) atoms. The van der Waals surface area contributed by atoms with Crippen LogP contribution in [0.2, 0.25) is 0 Å². The Labute approximate surface area is 180 Å². The number of likely N-dealkylation sites (tertiary alicyclic amines) is 1. The summed E-state index contributed by atoms with van der Waals surface area (Å²) in [5.41, 5.74) is 4.72. The maximum Gasteiger partial charge on any atom is 0.278 e. The zero-order chi connectivity index (χ0) is 20.8. The minimum absolute atomic E-state index is 0.0310. The summed E-state index contributed by atoms with van der Waals surface area (Å²) < 4.78 is 6.00. The van der Waals surface area contributed by atoms with E-state index in [1.165, 1.54) is 19.3 Å². The molecule has 0 saturated carbocycles. The summed E-state index contributed by atoms with van der Waals surface area (Å²) in [7, 11) is 0. The van der Waals surface area contributed by atoms with Crippen LogP contribution in [-0.4, -0.2) is 36.3 Å². The van der Waals surface area contributed by atoms with Crippen LogP contribution in [0.4, 0.5) is 11.4 Å². The first-order valence-electron chi connectivity index (χ1n) is 10.9. The monoisotopic (exact) mass is 409 g/mol. The van der Waals surface area contributed by atoms with Gasteiger partial charge in [0, 0.05) is 22.4 Å². The van der Waals surface area contributed by atoms with Crippen LogP contribution in [0.3, 0.4) is 0 Å². The Balaban J connectivity index is 1.39. The summed E-state index contributed by atoms with van der Waals surface area (Å²) >= 11 is 0. The number of anilines is 1. The number of furan rings is 1. The van der Waals surface area contributed by atoms with Crippen molar-refractivity contribution in [1.82, 2.24) is 4.90 Å². The first kappa shape index (κ1) is 18.3. The Morgan fingerprint density at radius 3 is 2.52 bits per heavy atom. The molecule has 1 saturated heterocycles. The molecule has 0 bridgehead atoms. The summed E-state index contributed by atoms with van der Waals surface area (Å²) in [6, 6.07) is 21.9. The Kier molecular flexibility index (Phi) is 4.35. The van der Waals surface area contributed by atoms with E-state index in [4.69, 9.17) is 9.41 Å². The number of piperidine rings is 1. The molecule has 5 heteroatoms. The first-order valence-corrected chi connectivity index (χ1v) is 10.9. The molecule has 0 aliphatic carbocycles. The predicted octanol–water partition coefficient (Wildman–Crippen LogP) is 5.50. The number of carbonyl (C=O) groups is 1. The van der Waals surface area contributed by atoms with E-state index in [0.29, 0.717) is 12.4 Å². The second-order valence-corrected chi connectivity index (χ2v) is 8.31. The number of aliphatic imine (C=N–C) groups is 1. The van der Waals surface area contributed by atoms with Crippen LogP contribution in [0, 0.1) is 0 Å². The number of hydrogen-bond donors (Lipinski definition) is 0. The van der Waals surface area contributed by atoms with Crippen molar-refractivity contribution in [3.05, 3.63) is 72.3 Å². The summed E-state index contributed by atoms with van der Waals surface area (Å²) in [6.45, 7) is 2.71. The van der Waals surface area contributed by atoms with Crippen LogP contribution >= 0.6 is 0 Å². The average Bonchev–Trinajstić information content (AvgIpc) is 3.30. The lowest BCUT2D eigenvalue weighted by atomic mass is 10.1. The molecule has 1 aromatic heterocycles. The van der Waals surface area contributed by atoms with Gasteiger partial charge in [-0.15, -0.1) is 0 Å². The second-order valence-electron chi connectivity index (χ2n) is 8.31. The predicted molar refractivity (Wildman–Crippen MR) is 124 cm³/mol. The van der Waals surface area contributed by atoms with Gasteiger partial charge in [-0.05, 0) is 50.2 Å². The fourth-order valence-electron chi connectivity index (χ4n) is 4.72. The lowest BCUT2D eigenvalue weighted by molar-refractivity contribution is -0.112. The molecule has 6 rings (SSSR count). The highest BCUT2D eigenvalue weighted by atomic mass is 16.3. The number of para-hydroxylation sites is 2. The quantitative estimate of drug-likeness (QED) is 0.449. The molecule has 154 valence electrons. The van der Waals surface area contributed by atoms with Crippen molar-refractivity contribution < 1.29 is 9.21 Å². The van der Waals surface area contributed by atoms with E-state index in [1.54, 1.807) is 0 Å². The van der Waals surface area contributed by atoms with Gasteiger partial charge in [0.25, 0.3) is 5.91 Å². The van der Waals surface area contributed by atoms with Gasteiger partial charge in [0.15, 0.2) is 0 Å². The van der Waals surface area contributed by atoms with E-state index >= 15 is 0 Å². The van der Waals surface area contributed by atoms with Crippen LogP contribution in [-0.2, 0) is 4.79 Å². The van der Waals surface area contributed by atoms with Gasteiger partial charge in [-0.2, -0.15) is 0 Å². The first-order chi connectivity index (χ1) is 15.3. The molecule has 0 atom stereocenters. The number of nitrogens with zero attached hydrogens (tertiary/aromatic N) is 3. The Hall–Kier alpha value is -3.44. The van der Waals surface area contributed by atoms with Gasteiger partial charge in [-0.1, -0.05) is 42.8 Å². The molecule has 2 aliphatic rings. The third-order valence-corrected chi connectivity index (χ3v) is 6.29. The van der Waals surface area contributed by atoms with Crippen molar-refractivity contribution >= 4 is 44.9 Å². The van der Waals surface area contributed by atoms with Crippen LogP contribution in [0.1, 0.15) is 24.8 Å². The van der Waals surface area contributed by atoms with Gasteiger partial charge in [0.1, 0.15) is 16.9 Å². The van der Waals surface area contributed by atoms with Crippen LogP contribution in [0.5, 0.6) is 0 Å². The van der Waals surface area contributed by atoms with E-state index in [2.05, 4.69) is 11.0 Å². The van der Waals surface area contributed by atoms with Gasteiger partial charge in [-0.25, -0.2) is 4.99 Å². The van der Waals surface area contributed by atoms with E-state index in [0.717, 1.165) is 52.0 Å². The lowest BCUT2D eigenvalue weighted by Crippen LogP contribution is -2.43. The van der Waals surface area contributed by atoms with Crippen molar-refractivity contribution in [1.29, 1.82) is 0 Å². The maximum atomic E-state index is 13.4. The van der Waals surface area contributed by atoms with Crippen molar-refractivity contribution in [2.45, 2.75) is 19.3 Å². The summed E-state index contributed by atoms with van der Waals surface area (Å²) in [4.78, 5) is 22.4. The minimum Gasteiger partial charge on any atom is -0.456 e. The number of benzene rings is 3. The van der Waals surface area contributed by atoms with Crippen molar-refractivity contribution in [2.75, 3.05) is 24.7 Å². The Morgan fingerprint density at radius 2 is 1.61 bits per heavy atom. The smallest absolute Gasteiger partial charge is 0.278 e. The van der Waals surface area contributed by atoms with Crippen molar-refractivity contribution in [3.8, 4) is 0 Å². The largest absolute Gasteiger partial charge is 0.456 e. The molecular formula is C26H23N3O2. The molecule has 3 aromatic carbocycles. The molecule has 2 aliphatic heterocycles. The molecule has 0 radical (unpaired) electrons. The molecule has 5 nitrogen and oxygen atoms in total. The fourth-order valence-corrected chi connectivity index (χ4v) is 4.72. The number of amides is 1. The van der Waals surface area contributed by atoms with E-state index in [9.17, 15) is 4.79 Å². The average molecular weight is 409 g/mol.